The number of aromatic nitrogens is 2. The van der Waals surface area contributed by atoms with Crippen LogP contribution < -0.4 is 10.2 Å². The fraction of sp³-hybridized carbons (Fsp3) is 0.733. The molecule has 0 spiro atoms. The SMILES string of the molecule is CCCNc1nccc(N2CCCC(OCCC)C2)n1. The van der Waals surface area contributed by atoms with E-state index < -0.39 is 0 Å². The summed E-state index contributed by atoms with van der Waals surface area (Å²) in [6.45, 7) is 8.03. The highest BCUT2D eigenvalue weighted by atomic mass is 16.5. The molecule has 0 aliphatic carbocycles. The third-order valence-electron chi connectivity index (χ3n) is 3.43. The molecule has 0 aromatic carbocycles. The summed E-state index contributed by atoms with van der Waals surface area (Å²) in [6, 6.07) is 1.99. The van der Waals surface area contributed by atoms with Gasteiger partial charge in [0.05, 0.1) is 6.10 Å². The third-order valence-corrected chi connectivity index (χ3v) is 3.43. The molecule has 0 radical (unpaired) electrons. The molecule has 1 saturated heterocycles. The van der Waals surface area contributed by atoms with Crippen molar-refractivity contribution in [1.29, 1.82) is 0 Å². The molecule has 0 saturated carbocycles. The van der Waals surface area contributed by atoms with E-state index in [-0.39, 0.29) is 0 Å². The number of nitrogens with one attached hydrogen (secondary N) is 1. The summed E-state index contributed by atoms with van der Waals surface area (Å²) in [5.74, 6) is 1.73. The minimum absolute atomic E-state index is 0.339. The average Bonchev–Trinajstić information content (AvgIpc) is 2.51. The first-order chi connectivity index (χ1) is 9.83. The van der Waals surface area contributed by atoms with Gasteiger partial charge in [-0.2, -0.15) is 4.98 Å². The van der Waals surface area contributed by atoms with Gasteiger partial charge in [0.1, 0.15) is 5.82 Å². The maximum atomic E-state index is 5.88. The molecule has 1 aromatic heterocycles. The number of hydrogen-bond acceptors (Lipinski definition) is 5. The van der Waals surface area contributed by atoms with Crippen molar-refractivity contribution in [2.75, 3.05) is 36.5 Å². The maximum Gasteiger partial charge on any atom is 0.224 e. The largest absolute Gasteiger partial charge is 0.376 e. The fourth-order valence-electron chi connectivity index (χ4n) is 2.41. The van der Waals surface area contributed by atoms with E-state index in [1.165, 1.54) is 0 Å². The lowest BCUT2D eigenvalue weighted by molar-refractivity contribution is 0.0439. The van der Waals surface area contributed by atoms with Crippen LogP contribution in [0.4, 0.5) is 11.8 Å². The summed E-state index contributed by atoms with van der Waals surface area (Å²) in [7, 11) is 0. The van der Waals surface area contributed by atoms with Crippen LogP contribution in [0.2, 0.25) is 0 Å². The average molecular weight is 278 g/mol. The van der Waals surface area contributed by atoms with Gasteiger partial charge in [-0.05, 0) is 31.7 Å². The Hall–Kier alpha value is -1.36. The van der Waals surface area contributed by atoms with Crippen molar-refractivity contribution in [1.82, 2.24) is 9.97 Å². The van der Waals surface area contributed by atoms with Gasteiger partial charge in [-0.3, -0.25) is 0 Å². The van der Waals surface area contributed by atoms with Crippen LogP contribution in [-0.4, -0.2) is 42.3 Å². The van der Waals surface area contributed by atoms with Crippen LogP contribution in [0.25, 0.3) is 0 Å². The predicted molar refractivity (Wildman–Crippen MR) is 82.3 cm³/mol. The summed E-state index contributed by atoms with van der Waals surface area (Å²) in [4.78, 5) is 11.2. The molecule has 1 atom stereocenters. The van der Waals surface area contributed by atoms with Gasteiger partial charge in [-0.15, -0.1) is 0 Å². The van der Waals surface area contributed by atoms with Gasteiger partial charge in [0.15, 0.2) is 0 Å². The summed E-state index contributed by atoms with van der Waals surface area (Å²) in [6.07, 6.45) is 6.64. The highest BCUT2D eigenvalue weighted by Crippen LogP contribution is 2.20. The molecular formula is C15H26N4O. The molecule has 5 heteroatoms. The van der Waals surface area contributed by atoms with E-state index in [1.807, 2.05) is 12.3 Å². The van der Waals surface area contributed by atoms with Gasteiger partial charge in [0.25, 0.3) is 0 Å². The van der Waals surface area contributed by atoms with Gasteiger partial charge in [0, 0.05) is 32.4 Å². The van der Waals surface area contributed by atoms with Crippen molar-refractivity contribution < 1.29 is 4.74 Å². The lowest BCUT2D eigenvalue weighted by atomic mass is 10.1. The molecular weight excluding hydrogens is 252 g/mol. The molecule has 2 heterocycles. The Labute approximate surface area is 121 Å². The van der Waals surface area contributed by atoms with Crippen LogP contribution in [0.1, 0.15) is 39.5 Å². The van der Waals surface area contributed by atoms with Gasteiger partial charge < -0.3 is 15.0 Å². The zero-order chi connectivity index (χ0) is 14.2. The molecule has 1 aromatic rings. The molecule has 1 N–H and O–H groups in total. The number of rotatable bonds is 7. The molecule has 1 fully saturated rings. The molecule has 1 unspecified atom stereocenters. The Balaban J connectivity index is 1.95. The maximum absolute atomic E-state index is 5.88. The van der Waals surface area contributed by atoms with Gasteiger partial charge in [0.2, 0.25) is 5.95 Å². The summed E-state index contributed by atoms with van der Waals surface area (Å²) in [5.41, 5.74) is 0. The molecule has 1 aliphatic rings. The van der Waals surface area contributed by atoms with Crippen LogP contribution in [0.5, 0.6) is 0 Å². The molecule has 112 valence electrons. The quantitative estimate of drug-likeness (QED) is 0.831. The van der Waals surface area contributed by atoms with E-state index in [1.54, 1.807) is 0 Å². The zero-order valence-electron chi connectivity index (χ0n) is 12.6. The summed E-state index contributed by atoms with van der Waals surface area (Å²) >= 11 is 0. The zero-order valence-corrected chi connectivity index (χ0v) is 12.6. The normalized spacial score (nSPS) is 19.1. The van der Waals surface area contributed by atoms with E-state index in [0.29, 0.717) is 6.10 Å². The number of nitrogens with zero attached hydrogens (tertiary/aromatic N) is 3. The molecule has 20 heavy (non-hydrogen) atoms. The summed E-state index contributed by atoms with van der Waals surface area (Å²) in [5, 5.41) is 3.24. The minimum atomic E-state index is 0.339. The second-order valence-corrected chi connectivity index (χ2v) is 5.25. The van der Waals surface area contributed by atoms with Crippen LogP contribution in [0.3, 0.4) is 0 Å². The van der Waals surface area contributed by atoms with Crippen LogP contribution in [0, 0.1) is 0 Å². The Kier molecular flexibility index (Phi) is 6.05. The lowest BCUT2D eigenvalue weighted by Crippen LogP contribution is -2.40. The topological polar surface area (TPSA) is 50.3 Å². The first kappa shape index (κ1) is 15.0. The number of hydrogen-bond donors (Lipinski definition) is 1. The lowest BCUT2D eigenvalue weighted by Gasteiger charge is -2.33. The highest BCUT2D eigenvalue weighted by molar-refractivity contribution is 5.43. The van der Waals surface area contributed by atoms with Crippen LogP contribution in [-0.2, 0) is 4.74 Å². The van der Waals surface area contributed by atoms with E-state index >= 15 is 0 Å². The van der Waals surface area contributed by atoms with E-state index in [9.17, 15) is 0 Å². The number of anilines is 2. The summed E-state index contributed by atoms with van der Waals surface area (Å²) < 4.78 is 5.88. The Morgan fingerprint density at radius 3 is 3.10 bits per heavy atom. The number of piperidine rings is 1. The van der Waals surface area contributed by atoms with Crippen molar-refractivity contribution in [2.45, 2.75) is 45.6 Å². The first-order valence-corrected chi connectivity index (χ1v) is 7.77. The van der Waals surface area contributed by atoms with E-state index in [0.717, 1.165) is 63.7 Å². The van der Waals surface area contributed by atoms with Crippen LogP contribution >= 0.6 is 0 Å². The van der Waals surface area contributed by atoms with Crippen molar-refractivity contribution in [3.05, 3.63) is 12.3 Å². The minimum Gasteiger partial charge on any atom is -0.376 e. The smallest absolute Gasteiger partial charge is 0.224 e. The van der Waals surface area contributed by atoms with Gasteiger partial charge >= 0.3 is 0 Å². The molecule has 0 amide bonds. The van der Waals surface area contributed by atoms with Crippen molar-refractivity contribution in [3.63, 3.8) is 0 Å². The molecule has 2 rings (SSSR count). The fourth-order valence-corrected chi connectivity index (χ4v) is 2.41. The Bertz CT molecular complexity index is 399. The van der Waals surface area contributed by atoms with E-state index in [2.05, 4.69) is 34.0 Å². The van der Waals surface area contributed by atoms with Crippen molar-refractivity contribution in [3.8, 4) is 0 Å². The van der Waals surface area contributed by atoms with E-state index in [4.69, 9.17) is 4.74 Å². The van der Waals surface area contributed by atoms with Crippen molar-refractivity contribution >= 4 is 11.8 Å². The monoisotopic (exact) mass is 278 g/mol. The van der Waals surface area contributed by atoms with Crippen molar-refractivity contribution in [2.24, 2.45) is 0 Å². The highest BCUT2D eigenvalue weighted by Gasteiger charge is 2.21. The standard InChI is InChI=1S/C15H26N4O/c1-3-8-16-15-17-9-7-14(18-15)19-10-5-6-13(12-19)20-11-4-2/h7,9,13H,3-6,8,10-12H2,1-2H3,(H,16,17,18). The van der Waals surface area contributed by atoms with Gasteiger partial charge in [-0.1, -0.05) is 13.8 Å². The molecule has 0 bridgehead atoms. The third kappa shape index (κ3) is 4.34. The van der Waals surface area contributed by atoms with Crippen LogP contribution in [0.15, 0.2) is 12.3 Å². The second kappa shape index (κ2) is 8.04. The molecule has 1 aliphatic heterocycles. The number of ether oxygens (including phenoxy) is 1. The Morgan fingerprint density at radius 2 is 2.30 bits per heavy atom. The second-order valence-electron chi connectivity index (χ2n) is 5.25. The Morgan fingerprint density at radius 1 is 1.40 bits per heavy atom. The predicted octanol–water partition coefficient (Wildman–Crippen LogP) is 2.69. The van der Waals surface area contributed by atoms with Gasteiger partial charge in [-0.25, -0.2) is 4.98 Å². The first-order valence-electron chi connectivity index (χ1n) is 7.77. The molecule has 5 nitrogen and oxygen atoms in total.